The van der Waals surface area contributed by atoms with Crippen molar-refractivity contribution in [2.75, 3.05) is 7.05 Å². The van der Waals surface area contributed by atoms with Crippen LogP contribution in [0.5, 0.6) is 0 Å². The number of hydrogen-bond donors (Lipinski definition) is 1. The van der Waals surface area contributed by atoms with Gasteiger partial charge in [-0.3, -0.25) is 0 Å². The zero-order valence-corrected chi connectivity index (χ0v) is 11.2. The zero-order valence-electron chi connectivity index (χ0n) is 11.2. The van der Waals surface area contributed by atoms with Crippen LogP contribution in [0.4, 0.5) is 0 Å². The lowest BCUT2D eigenvalue weighted by Gasteiger charge is -2.21. The maximum atomic E-state index is 3.50. The van der Waals surface area contributed by atoms with E-state index in [0.29, 0.717) is 6.04 Å². The Hall–Kier alpha value is -0.820. The lowest BCUT2D eigenvalue weighted by Crippen LogP contribution is -2.19. The van der Waals surface area contributed by atoms with Gasteiger partial charge in [-0.25, -0.2) is 0 Å². The molecule has 1 aliphatic carbocycles. The van der Waals surface area contributed by atoms with Crippen LogP contribution in [-0.2, 0) is 6.42 Å². The van der Waals surface area contributed by atoms with Crippen LogP contribution in [0.1, 0.15) is 56.2 Å². The molecule has 0 amide bonds. The van der Waals surface area contributed by atoms with Gasteiger partial charge in [-0.15, -0.1) is 0 Å². The molecule has 0 aliphatic heterocycles. The Labute approximate surface area is 106 Å². The van der Waals surface area contributed by atoms with Crippen molar-refractivity contribution in [1.29, 1.82) is 0 Å². The largest absolute Gasteiger partial charge is 0.313 e. The molecule has 1 aromatic carbocycles. The van der Waals surface area contributed by atoms with Crippen molar-refractivity contribution in [3.63, 3.8) is 0 Å². The van der Waals surface area contributed by atoms with E-state index in [1.54, 1.807) is 0 Å². The van der Waals surface area contributed by atoms with Crippen LogP contribution in [0.3, 0.4) is 0 Å². The van der Waals surface area contributed by atoms with Gasteiger partial charge in [-0.2, -0.15) is 0 Å². The Morgan fingerprint density at radius 2 is 2.06 bits per heavy atom. The molecular weight excluding hydrogens is 206 g/mol. The van der Waals surface area contributed by atoms with Crippen molar-refractivity contribution < 1.29 is 0 Å². The van der Waals surface area contributed by atoms with Crippen molar-refractivity contribution >= 4 is 0 Å². The normalized spacial score (nSPS) is 18.5. The molecule has 17 heavy (non-hydrogen) atoms. The number of rotatable bonds is 5. The first kappa shape index (κ1) is 12.6. The van der Waals surface area contributed by atoms with Crippen LogP contribution in [-0.4, -0.2) is 7.05 Å². The van der Waals surface area contributed by atoms with E-state index in [1.165, 1.54) is 43.2 Å². The van der Waals surface area contributed by atoms with Gasteiger partial charge in [0.1, 0.15) is 0 Å². The van der Waals surface area contributed by atoms with Crippen LogP contribution in [0.15, 0.2) is 24.3 Å². The Kier molecular flexibility index (Phi) is 4.61. The van der Waals surface area contributed by atoms with Gasteiger partial charge in [-0.05, 0) is 36.9 Å². The monoisotopic (exact) mass is 231 g/mol. The topological polar surface area (TPSA) is 12.0 Å². The number of benzene rings is 1. The Morgan fingerprint density at radius 1 is 1.29 bits per heavy atom. The molecule has 1 aromatic rings. The first-order valence-electron chi connectivity index (χ1n) is 7.09. The Balaban J connectivity index is 2.04. The van der Waals surface area contributed by atoms with Gasteiger partial charge < -0.3 is 5.32 Å². The molecule has 0 radical (unpaired) electrons. The van der Waals surface area contributed by atoms with Crippen LogP contribution in [0.2, 0.25) is 0 Å². The molecule has 1 nitrogen and oxygen atoms in total. The summed E-state index contributed by atoms with van der Waals surface area (Å²) in [5.74, 6) is 0.942. The third-order valence-corrected chi connectivity index (χ3v) is 4.15. The summed E-state index contributed by atoms with van der Waals surface area (Å²) in [6, 6.07) is 9.62. The Bertz CT molecular complexity index is 339. The van der Waals surface area contributed by atoms with Crippen LogP contribution in [0, 0.1) is 5.92 Å². The molecule has 0 bridgehead atoms. The summed E-state index contributed by atoms with van der Waals surface area (Å²) in [7, 11) is 2.10. The van der Waals surface area contributed by atoms with Crippen molar-refractivity contribution in [2.24, 2.45) is 5.92 Å². The summed E-state index contributed by atoms with van der Waals surface area (Å²) >= 11 is 0. The van der Waals surface area contributed by atoms with Gasteiger partial charge in [0.2, 0.25) is 0 Å². The summed E-state index contributed by atoms with van der Waals surface area (Å²) < 4.78 is 0. The third kappa shape index (κ3) is 3.32. The van der Waals surface area contributed by atoms with E-state index >= 15 is 0 Å². The highest BCUT2D eigenvalue weighted by Gasteiger charge is 2.20. The van der Waals surface area contributed by atoms with E-state index in [1.807, 2.05) is 0 Å². The van der Waals surface area contributed by atoms with Gasteiger partial charge in [0.15, 0.2) is 0 Å². The molecule has 1 atom stereocenters. The zero-order chi connectivity index (χ0) is 12.1. The SMILES string of the molecule is CCc1cccc(C(CC2CCCC2)NC)c1. The second-order valence-electron chi connectivity index (χ2n) is 5.33. The van der Waals surface area contributed by atoms with Gasteiger partial charge in [0.25, 0.3) is 0 Å². The molecule has 1 N–H and O–H groups in total. The number of aryl methyl sites for hydroxylation is 1. The van der Waals surface area contributed by atoms with Gasteiger partial charge in [-0.1, -0.05) is 56.9 Å². The first-order chi connectivity index (χ1) is 8.33. The van der Waals surface area contributed by atoms with Gasteiger partial charge in [0.05, 0.1) is 0 Å². The number of hydrogen-bond acceptors (Lipinski definition) is 1. The fraction of sp³-hybridized carbons (Fsp3) is 0.625. The lowest BCUT2D eigenvalue weighted by atomic mass is 9.92. The number of nitrogens with one attached hydrogen (secondary N) is 1. The average molecular weight is 231 g/mol. The summed E-state index contributed by atoms with van der Waals surface area (Å²) in [5, 5.41) is 3.50. The molecular formula is C16H25N. The minimum absolute atomic E-state index is 0.546. The molecule has 0 spiro atoms. The summed E-state index contributed by atoms with van der Waals surface area (Å²) in [5.41, 5.74) is 2.92. The highest BCUT2D eigenvalue weighted by Crippen LogP contribution is 2.33. The van der Waals surface area contributed by atoms with Crippen molar-refractivity contribution in [3.05, 3.63) is 35.4 Å². The summed E-state index contributed by atoms with van der Waals surface area (Å²) in [4.78, 5) is 0. The predicted octanol–water partition coefficient (Wildman–Crippen LogP) is 4.09. The standard InChI is InChI=1S/C16H25N/c1-3-13-9-6-10-15(11-13)16(17-2)12-14-7-4-5-8-14/h6,9-11,14,16-17H,3-5,7-8,12H2,1-2H3. The van der Waals surface area contributed by atoms with E-state index in [4.69, 9.17) is 0 Å². The fourth-order valence-electron chi connectivity index (χ4n) is 3.03. The van der Waals surface area contributed by atoms with E-state index in [2.05, 4.69) is 43.6 Å². The molecule has 1 fully saturated rings. The molecule has 94 valence electrons. The quantitative estimate of drug-likeness (QED) is 0.805. The van der Waals surface area contributed by atoms with Crippen molar-refractivity contribution in [3.8, 4) is 0 Å². The highest BCUT2D eigenvalue weighted by atomic mass is 14.9. The predicted molar refractivity (Wildman–Crippen MR) is 74.2 cm³/mol. The minimum Gasteiger partial charge on any atom is -0.313 e. The molecule has 2 rings (SSSR count). The van der Waals surface area contributed by atoms with E-state index < -0.39 is 0 Å². The molecule has 1 saturated carbocycles. The van der Waals surface area contributed by atoms with E-state index in [-0.39, 0.29) is 0 Å². The second-order valence-corrected chi connectivity index (χ2v) is 5.33. The second kappa shape index (κ2) is 6.20. The minimum atomic E-state index is 0.546. The molecule has 1 heteroatoms. The maximum Gasteiger partial charge on any atom is 0.0320 e. The average Bonchev–Trinajstić information content (AvgIpc) is 2.89. The molecule has 1 aliphatic rings. The van der Waals surface area contributed by atoms with E-state index in [9.17, 15) is 0 Å². The van der Waals surface area contributed by atoms with Gasteiger partial charge >= 0.3 is 0 Å². The lowest BCUT2D eigenvalue weighted by molar-refractivity contribution is 0.413. The van der Waals surface area contributed by atoms with Crippen LogP contribution >= 0.6 is 0 Å². The molecule has 1 unspecified atom stereocenters. The molecule has 0 aromatic heterocycles. The third-order valence-electron chi connectivity index (χ3n) is 4.15. The highest BCUT2D eigenvalue weighted by molar-refractivity contribution is 5.26. The Morgan fingerprint density at radius 3 is 2.71 bits per heavy atom. The maximum absolute atomic E-state index is 3.50. The smallest absolute Gasteiger partial charge is 0.0320 e. The molecule has 0 heterocycles. The van der Waals surface area contributed by atoms with Crippen molar-refractivity contribution in [1.82, 2.24) is 5.32 Å². The van der Waals surface area contributed by atoms with Crippen LogP contribution < -0.4 is 5.32 Å². The van der Waals surface area contributed by atoms with Crippen LogP contribution in [0.25, 0.3) is 0 Å². The van der Waals surface area contributed by atoms with Gasteiger partial charge in [0, 0.05) is 6.04 Å². The van der Waals surface area contributed by atoms with Crippen molar-refractivity contribution in [2.45, 2.75) is 51.5 Å². The fourth-order valence-corrected chi connectivity index (χ4v) is 3.03. The summed E-state index contributed by atoms with van der Waals surface area (Å²) in [6.07, 6.45) is 8.20. The molecule has 0 saturated heterocycles. The first-order valence-corrected chi connectivity index (χ1v) is 7.09. The summed E-state index contributed by atoms with van der Waals surface area (Å²) in [6.45, 7) is 2.23. The van der Waals surface area contributed by atoms with E-state index in [0.717, 1.165) is 12.3 Å².